The summed E-state index contributed by atoms with van der Waals surface area (Å²) in [6.45, 7) is -0.374. The van der Waals surface area contributed by atoms with Crippen molar-refractivity contribution in [3.05, 3.63) is 35.9 Å². The van der Waals surface area contributed by atoms with Gasteiger partial charge >= 0.3 is 11.9 Å². The van der Waals surface area contributed by atoms with E-state index in [1.807, 2.05) is 6.07 Å². The maximum absolute atomic E-state index is 13.3. The van der Waals surface area contributed by atoms with Gasteiger partial charge in [0.25, 0.3) is 0 Å². The number of rotatable bonds is 17. The van der Waals surface area contributed by atoms with Crippen molar-refractivity contribution in [2.75, 3.05) is 39.3 Å². The monoisotopic (exact) mass is 591 g/mol. The minimum Gasteiger partial charge on any atom is -0.480 e. The predicted octanol–water partition coefficient (Wildman–Crippen LogP) is -2.48. The number of nitrogens with zero attached hydrogens (tertiary/aromatic N) is 1. The normalized spacial score (nSPS) is 15.6. The molecule has 0 aliphatic carbocycles. The van der Waals surface area contributed by atoms with Crippen molar-refractivity contribution in [2.24, 2.45) is 11.5 Å². The summed E-state index contributed by atoms with van der Waals surface area (Å²) in [6, 6.07) is 7.04. The number of likely N-dealkylation sites (tertiary alicyclic amines) is 1. The third-order valence-corrected chi connectivity index (χ3v) is 6.94. The van der Waals surface area contributed by atoms with Crippen LogP contribution in [0.5, 0.6) is 0 Å². The van der Waals surface area contributed by atoms with Crippen LogP contribution in [0.15, 0.2) is 30.3 Å². The second-order valence-corrected chi connectivity index (χ2v) is 10.2. The quantitative estimate of drug-likeness (QED) is 0.0881. The number of aliphatic carboxylic acids is 2. The Bertz CT molecular complexity index is 1090. The first kappa shape index (κ1) is 34.1. The van der Waals surface area contributed by atoms with Gasteiger partial charge in [-0.15, -0.1) is 0 Å². The highest BCUT2D eigenvalue weighted by molar-refractivity contribution is 5.93. The van der Waals surface area contributed by atoms with Gasteiger partial charge in [0.1, 0.15) is 17.6 Å². The molecule has 15 heteroatoms. The number of hydrogen-bond acceptors (Lipinski definition) is 9. The van der Waals surface area contributed by atoms with Crippen LogP contribution in [-0.4, -0.2) is 108 Å². The number of nitrogens with one attached hydrogen (secondary N) is 4. The van der Waals surface area contributed by atoms with Crippen LogP contribution in [0, 0.1) is 0 Å². The molecule has 1 aromatic carbocycles. The van der Waals surface area contributed by atoms with E-state index in [0.29, 0.717) is 19.4 Å². The number of amides is 4. The van der Waals surface area contributed by atoms with Crippen LogP contribution in [0.2, 0.25) is 0 Å². The summed E-state index contributed by atoms with van der Waals surface area (Å²) in [7, 11) is 0. The van der Waals surface area contributed by atoms with Crippen molar-refractivity contribution in [3.63, 3.8) is 0 Å². The Kier molecular flexibility index (Phi) is 13.8. The predicted molar refractivity (Wildman–Crippen MR) is 151 cm³/mol. The second kappa shape index (κ2) is 17.0. The molecule has 1 heterocycles. The van der Waals surface area contributed by atoms with Crippen LogP contribution < -0.4 is 32.7 Å². The van der Waals surface area contributed by atoms with Crippen molar-refractivity contribution in [2.45, 2.75) is 56.1 Å². The summed E-state index contributed by atoms with van der Waals surface area (Å²) in [6.07, 6.45) is 1.54. The van der Waals surface area contributed by atoms with Gasteiger partial charge in [-0.1, -0.05) is 30.3 Å². The number of benzene rings is 1. The molecule has 10 N–H and O–H groups in total. The summed E-state index contributed by atoms with van der Waals surface area (Å²) < 4.78 is 0. The topological polar surface area (TPSA) is 246 Å². The zero-order valence-electron chi connectivity index (χ0n) is 23.5. The van der Waals surface area contributed by atoms with Crippen molar-refractivity contribution < 1.29 is 39.0 Å². The molecule has 1 aliphatic rings. The largest absolute Gasteiger partial charge is 0.480 e. The third-order valence-electron chi connectivity index (χ3n) is 6.94. The number of hydrogen-bond donors (Lipinski definition) is 8. The Morgan fingerprint density at radius 3 is 2.14 bits per heavy atom. The minimum absolute atomic E-state index is 0.0568. The molecule has 2 rings (SSSR count). The molecule has 2 atom stereocenters. The van der Waals surface area contributed by atoms with E-state index in [-0.39, 0.29) is 51.9 Å². The van der Waals surface area contributed by atoms with Gasteiger partial charge in [0, 0.05) is 19.5 Å². The molecule has 0 radical (unpaired) electrons. The first-order valence-corrected chi connectivity index (χ1v) is 13.8. The first-order valence-electron chi connectivity index (χ1n) is 13.8. The van der Waals surface area contributed by atoms with E-state index in [2.05, 4.69) is 21.3 Å². The molecule has 0 bridgehead atoms. The van der Waals surface area contributed by atoms with Crippen molar-refractivity contribution in [1.82, 2.24) is 26.2 Å². The summed E-state index contributed by atoms with van der Waals surface area (Å²) in [5.74, 6) is -4.31. The fraction of sp³-hybridized carbons (Fsp3) is 0.556. The second-order valence-electron chi connectivity index (χ2n) is 10.2. The van der Waals surface area contributed by atoms with E-state index < -0.39 is 59.7 Å². The lowest BCUT2D eigenvalue weighted by Crippen LogP contribution is -2.59. The van der Waals surface area contributed by atoms with Gasteiger partial charge < -0.3 is 47.8 Å². The standard InChI is InChI=1S/C27H41N7O8/c28-15-21(35)33-20(14-18-6-2-1-3-7-18)24(39)31-16-22(36)32-19(8-4-5-11-30-17-23(37)38)25(40)34-12-9-27(29,10-13-34)26(41)42/h1-3,6-7,19-20,30H,4-5,8-17,28-29H2,(H,31,39)(H,32,36)(H,33,35)(H,37,38)(H,41,42). The van der Waals surface area contributed by atoms with Crippen LogP contribution >= 0.6 is 0 Å². The highest BCUT2D eigenvalue weighted by atomic mass is 16.4. The first-order chi connectivity index (χ1) is 19.9. The molecular weight excluding hydrogens is 550 g/mol. The Morgan fingerprint density at radius 1 is 0.905 bits per heavy atom. The number of unbranched alkanes of at least 4 members (excludes halogenated alkanes) is 1. The molecule has 42 heavy (non-hydrogen) atoms. The van der Waals surface area contributed by atoms with Gasteiger partial charge in [-0.2, -0.15) is 0 Å². The SMILES string of the molecule is NCC(=O)NC(Cc1ccccc1)C(=O)NCC(=O)NC(CCCCNCC(=O)O)C(=O)N1CCC(N)(C(=O)O)CC1. The molecule has 15 nitrogen and oxygen atoms in total. The van der Waals surface area contributed by atoms with E-state index in [1.54, 1.807) is 24.3 Å². The average Bonchev–Trinajstić information content (AvgIpc) is 2.96. The van der Waals surface area contributed by atoms with Crippen LogP contribution in [0.3, 0.4) is 0 Å². The minimum atomic E-state index is -1.43. The summed E-state index contributed by atoms with van der Waals surface area (Å²) in [4.78, 5) is 74.5. The fourth-order valence-electron chi connectivity index (χ4n) is 4.46. The van der Waals surface area contributed by atoms with Crippen molar-refractivity contribution in [1.29, 1.82) is 0 Å². The molecule has 232 valence electrons. The Balaban J connectivity index is 2.00. The molecule has 2 unspecified atom stereocenters. The number of nitrogens with two attached hydrogens (primary N) is 2. The van der Waals surface area contributed by atoms with E-state index in [9.17, 15) is 33.9 Å². The Morgan fingerprint density at radius 2 is 1.55 bits per heavy atom. The molecule has 1 fully saturated rings. The lowest BCUT2D eigenvalue weighted by atomic mass is 9.88. The molecular formula is C27H41N7O8. The summed E-state index contributed by atoms with van der Waals surface area (Å²) in [5, 5.41) is 28.5. The maximum atomic E-state index is 13.3. The molecule has 0 aromatic heterocycles. The smallest absolute Gasteiger partial charge is 0.323 e. The number of carbonyl (C=O) groups is 6. The number of carboxylic acids is 2. The lowest BCUT2D eigenvalue weighted by molar-refractivity contribution is -0.148. The number of carbonyl (C=O) groups excluding carboxylic acids is 4. The molecule has 1 aliphatic heterocycles. The van der Waals surface area contributed by atoms with E-state index in [4.69, 9.17) is 16.6 Å². The molecule has 1 saturated heterocycles. The van der Waals surface area contributed by atoms with Crippen LogP contribution in [0.25, 0.3) is 0 Å². The summed E-state index contributed by atoms with van der Waals surface area (Å²) >= 11 is 0. The maximum Gasteiger partial charge on any atom is 0.323 e. The van der Waals surface area contributed by atoms with Crippen LogP contribution in [0.4, 0.5) is 0 Å². The highest BCUT2D eigenvalue weighted by Crippen LogP contribution is 2.21. The van der Waals surface area contributed by atoms with Crippen LogP contribution in [0.1, 0.15) is 37.7 Å². The fourth-order valence-corrected chi connectivity index (χ4v) is 4.46. The van der Waals surface area contributed by atoms with E-state index in [0.717, 1.165) is 5.56 Å². The number of carboxylic acid groups (broad SMARTS) is 2. The third kappa shape index (κ3) is 11.4. The average molecular weight is 592 g/mol. The van der Waals surface area contributed by atoms with Gasteiger partial charge in [-0.25, -0.2) is 0 Å². The van der Waals surface area contributed by atoms with Gasteiger partial charge in [-0.3, -0.25) is 28.8 Å². The van der Waals surface area contributed by atoms with Gasteiger partial charge in [0.2, 0.25) is 23.6 Å². The highest BCUT2D eigenvalue weighted by Gasteiger charge is 2.40. The van der Waals surface area contributed by atoms with E-state index in [1.165, 1.54) is 4.90 Å². The lowest BCUT2D eigenvalue weighted by Gasteiger charge is -2.37. The molecule has 1 aromatic rings. The van der Waals surface area contributed by atoms with Crippen molar-refractivity contribution in [3.8, 4) is 0 Å². The van der Waals surface area contributed by atoms with Gasteiger partial charge in [0.15, 0.2) is 0 Å². The summed E-state index contributed by atoms with van der Waals surface area (Å²) in [5.41, 5.74) is 10.7. The van der Waals surface area contributed by atoms with Gasteiger partial charge in [-0.05, 0) is 44.2 Å². The zero-order valence-corrected chi connectivity index (χ0v) is 23.5. The number of piperidine rings is 1. The Hall–Kier alpha value is -4.08. The van der Waals surface area contributed by atoms with Gasteiger partial charge in [0.05, 0.1) is 19.6 Å². The van der Waals surface area contributed by atoms with E-state index >= 15 is 0 Å². The Labute approximate surface area is 243 Å². The molecule has 4 amide bonds. The molecule has 0 spiro atoms. The van der Waals surface area contributed by atoms with Crippen molar-refractivity contribution >= 4 is 35.6 Å². The molecule has 0 saturated carbocycles. The zero-order chi connectivity index (χ0) is 31.1. The van der Waals surface area contributed by atoms with Crippen LogP contribution in [-0.2, 0) is 35.2 Å².